The molecule has 20 heavy (non-hydrogen) atoms. The highest BCUT2D eigenvalue weighted by molar-refractivity contribution is 5.95. The summed E-state index contributed by atoms with van der Waals surface area (Å²) in [5.74, 6) is 0.706. The number of nitrogen functional groups attached to an aromatic ring is 1. The number of rotatable bonds is 3. The summed E-state index contributed by atoms with van der Waals surface area (Å²) in [5, 5.41) is 0. The van der Waals surface area contributed by atoms with Gasteiger partial charge in [0.15, 0.2) is 0 Å². The van der Waals surface area contributed by atoms with Crippen molar-refractivity contribution in [3.8, 4) is 5.75 Å². The van der Waals surface area contributed by atoms with Crippen molar-refractivity contribution in [1.29, 1.82) is 0 Å². The first-order chi connectivity index (χ1) is 9.67. The molecule has 0 aliphatic carbocycles. The maximum atomic E-state index is 12.7. The Morgan fingerprint density at radius 3 is 2.85 bits per heavy atom. The van der Waals surface area contributed by atoms with Crippen LogP contribution in [0.4, 0.5) is 5.69 Å². The van der Waals surface area contributed by atoms with Crippen LogP contribution in [0, 0.1) is 0 Å². The van der Waals surface area contributed by atoms with Crippen molar-refractivity contribution in [2.24, 2.45) is 0 Å². The summed E-state index contributed by atoms with van der Waals surface area (Å²) >= 11 is 0. The number of carbonyl (C=O) groups is 1. The monoisotopic (exact) mass is 276 g/mol. The minimum absolute atomic E-state index is 0.0908. The topological polar surface area (TPSA) is 55.6 Å². The van der Waals surface area contributed by atoms with Gasteiger partial charge in [0.2, 0.25) is 0 Å². The van der Waals surface area contributed by atoms with E-state index >= 15 is 0 Å². The summed E-state index contributed by atoms with van der Waals surface area (Å²) in [6.45, 7) is 3.00. The second-order valence-electron chi connectivity index (χ2n) is 5.37. The number of hydrogen-bond acceptors (Lipinski definition) is 3. The van der Waals surface area contributed by atoms with Crippen LogP contribution in [0.2, 0.25) is 0 Å². The molecule has 1 saturated heterocycles. The third kappa shape index (κ3) is 3.06. The standard InChI is InChI=1S/C16H24N2O2/c1-3-13-7-5-4-6-10-18(13)16(19)12-8-9-15(20-2)14(17)11-12/h8-9,11,13H,3-7,10,17H2,1-2H3. The first-order valence-electron chi connectivity index (χ1n) is 7.41. The van der Waals surface area contributed by atoms with Crippen LogP contribution < -0.4 is 10.5 Å². The molecule has 0 spiro atoms. The molecule has 1 atom stereocenters. The maximum Gasteiger partial charge on any atom is 0.254 e. The van der Waals surface area contributed by atoms with Crippen molar-refractivity contribution in [2.75, 3.05) is 19.4 Å². The summed E-state index contributed by atoms with van der Waals surface area (Å²) in [7, 11) is 1.58. The summed E-state index contributed by atoms with van der Waals surface area (Å²) in [6, 6.07) is 5.64. The zero-order valence-electron chi connectivity index (χ0n) is 12.4. The van der Waals surface area contributed by atoms with E-state index in [4.69, 9.17) is 10.5 Å². The van der Waals surface area contributed by atoms with Crippen LogP contribution in [0.5, 0.6) is 5.75 Å². The van der Waals surface area contributed by atoms with Gasteiger partial charge in [-0.25, -0.2) is 0 Å². The number of benzene rings is 1. The SMILES string of the molecule is CCC1CCCCCN1C(=O)c1ccc(OC)c(N)c1. The lowest BCUT2D eigenvalue weighted by Crippen LogP contribution is -2.39. The van der Waals surface area contributed by atoms with Gasteiger partial charge in [0.05, 0.1) is 12.8 Å². The predicted octanol–water partition coefficient (Wildman–Crippen LogP) is 3.07. The average Bonchev–Trinajstić information content (AvgIpc) is 2.71. The van der Waals surface area contributed by atoms with Crippen molar-refractivity contribution in [3.63, 3.8) is 0 Å². The third-order valence-corrected chi connectivity index (χ3v) is 4.09. The quantitative estimate of drug-likeness (QED) is 0.863. The fourth-order valence-electron chi connectivity index (χ4n) is 2.90. The second-order valence-corrected chi connectivity index (χ2v) is 5.37. The van der Waals surface area contributed by atoms with Gasteiger partial charge in [-0.15, -0.1) is 0 Å². The molecular formula is C16H24N2O2. The highest BCUT2D eigenvalue weighted by atomic mass is 16.5. The lowest BCUT2D eigenvalue weighted by molar-refractivity contribution is 0.0678. The Hall–Kier alpha value is -1.71. The van der Waals surface area contributed by atoms with E-state index in [0.717, 1.165) is 25.8 Å². The second kappa shape index (κ2) is 6.64. The van der Waals surface area contributed by atoms with E-state index in [-0.39, 0.29) is 5.91 Å². The molecule has 1 heterocycles. The number of methoxy groups -OCH3 is 1. The highest BCUT2D eigenvalue weighted by Gasteiger charge is 2.25. The Balaban J connectivity index is 2.22. The number of carbonyl (C=O) groups excluding carboxylic acids is 1. The van der Waals surface area contributed by atoms with E-state index in [9.17, 15) is 4.79 Å². The molecule has 1 aliphatic heterocycles. The molecule has 2 rings (SSSR count). The van der Waals surface area contributed by atoms with Crippen LogP contribution in [0.1, 0.15) is 49.4 Å². The maximum absolute atomic E-state index is 12.7. The molecule has 1 aromatic rings. The van der Waals surface area contributed by atoms with Gasteiger partial charge in [-0.1, -0.05) is 19.8 Å². The van der Waals surface area contributed by atoms with Crippen molar-refractivity contribution in [3.05, 3.63) is 23.8 Å². The van der Waals surface area contributed by atoms with Crippen molar-refractivity contribution in [1.82, 2.24) is 4.90 Å². The van der Waals surface area contributed by atoms with Crippen LogP contribution in [0.3, 0.4) is 0 Å². The first-order valence-corrected chi connectivity index (χ1v) is 7.41. The van der Waals surface area contributed by atoms with Crippen LogP contribution in [0.25, 0.3) is 0 Å². The molecule has 1 aromatic carbocycles. The number of ether oxygens (including phenoxy) is 1. The lowest BCUT2D eigenvalue weighted by atomic mass is 10.1. The molecule has 0 aromatic heterocycles. The smallest absolute Gasteiger partial charge is 0.254 e. The molecular weight excluding hydrogens is 252 g/mol. The highest BCUT2D eigenvalue weighted by Crippen LogP contribution is 2.25. The fraction of sp³-hybridized carbons (Fsp3) is 0.562. The van der Waals surface area contributed by atoms with Crippen molar-refractivity contribution >= 4 is 11.6 Å². The minimum atomic E-state index is 0.0908. The van der Waals surface area contributed by atoms with E-state index in [2.05, 4.69) is 6.92 Å². The van der Waals surface area contributed by atoms with Crippen LogP contribution >= 0.6 is 0 Å². The van der Waals surface area contributed by atoms with Crippen LogP contribution in [-0.2, 0) is 0 Å². The number of likely N-dealkylation sites (tertiary alicyclic amines) is 1. The summed E-state index contributed by atoms with van der Waals surface area (Å²) in [5.41, 5.74) is 7.07. The number of nitrogens with zero attached hydrogens (tertiary/aromatic N) is 1. The normalized spacial score (nSPS) is 19.5. The van der Waals surface area contributed by atoms with E-state index in [0.29, 0.717) is 23.0 Å². The first kappa shape index (κ1) is 14.7. The number of nitrogens with two attached hydrogens (primary N) is 1. The zero-order valence-corrected chi connectivity index (χ0v) is 12.4. The summed E-state index contributed by atoms with van der Waals surface area (Å²) in [6.07, 6.45) is 5.64. The molecule has 0 radical (unpaired) electrons. The number of anilines is 1. The molecule has 110 valence electrons. The molecule has 4 heteroatoms. The van der Waals surface area contributed by atoms with Crippen molar-refractivity contribution < 1.29 is 9.53 Å². The number of amides is 1. The molecule has 1 unspecified atom stereocenters. The van der Waals surface area contributed by atoms with E-state index < -0.39 is 0 Å². The molecule has 0 saturated carbocycles. The minimum Gasteiger partial charge on any atom is -0.495 e. The third-order valence-electron chi connectivity index (χ3n) is 4.09. The van der Waals surface area contributed by atoms with Crippen molar-refractivity contribution in [2.45, 2.75) is 45.1 Å². The van der Waals surface area contributed by atoms with Gasteiger partial charge in [-0.3, -0.25) is 4.79 Å². The van der Waals surface area contributed by atoms with Gasteiger partial charge in [0.25, 0.3) is 5.91 Å². The van der Waals surface area contributed by atoms with Gasteiger partial charge < -0.3 is 15.4 Å². The summed E-state index contributed by atoms with van der Waals surface area (Å²) in [4.78, 5) is 14.7. The van der Waals surface area contributed by atoms with Gasteiger partial charge in [0.1, 0.15) is 5.75 Å². The molecule has 4 nitrogen and oxygen atoms in total. The Kier molecular flexibility index (Phi) is 4.88. The summed E-state index contributed by atoms with van der Waals surface area (Å²) < 4.78 is 5.14. The van der Waals surface area contributed by atoms with Crippen LogP contribution in [0.15, 0.2) is 18.2 Å². The molecule has 1 amide bonds. The fourth-order valence-corrected chi connectivity index (χ4v) is 2.90. The Morgan fingerprint density at radius 2 is 2.20 bits per heavy atom. The van der Waals surface area contributed by atoms with Gasteiger partial charge in [0, 0.05) is 18.2 Å². The number of hydrogen-bond donors (Lipinski definition) is 1. The van der Waals surface area contributed by atoms with Gasteiger partial charge >= 0.3 is 0 Å². The van der Waals surface area contributed by atoms with Gasteiger partial charge in [-0.05, 0) is 37.5 Å². The Morgan fingerprint density at radius 1 is 1.40 bits per heavy atom. The zero-order chi connectivity index (χ0) is 14.5. The predicted molar refractivity (Wildman–Crippen MR) is 81.0 cm³/mol. The van der Waals surface area contributed by atoms with E-state index in [1.165, 1.54) is 12.8 Å². The van der Waals surface area contributed by atoms with Crippen LogP contribution in [-0.4, -0.2) is 30.5 Å². The molecule has 1 aliphatic rings. The largest absolute Gasteiger partial charge is 0.495 e. The lowest BCUT2D eigenvalue weighted by Gasteiger charge is -2.29. The molecule has 1 fully saturated rings. The van der Waals surface area contributed by atoms with E-state index in [1.807, 2.05) is 4.90 Å². The Bertz CT molecular complexity index is 474. The average molecular weight is 276 g/mol. The Labute approximate surface area is 120 Å². The van der Waals surface area contributed by atoms with E-state index in [1.54, 1.807) is 25.3 Å². The van der Waals surface area contributed by atoms with Gasteiger partial charge in [-0.2, -0.15) is 0 Å². The molecule has 0 bridgehead atoms. The molecule has 2 N–H and O–H groups in total.